The number of hydrogen-bond acceptors (Lipinski definition) is 4. The van der Waals surface area contributed by atoms with Crippen molar-refractivity contribution in [1.29, 1.82) is 0 Å². The van der Waals surface area contributed by atoms with Gasteiger partial charge in [-0.3, -0.25) is 4.79 Å². The fraction of sp³-hybridized carbons (Fsp3) is 0.333. The minimum absolute atomic E-state index is 0.0211. The third-order valence-corrected chi connectivity index (χ3v) is 3.20. The molecule has 1 saturated carbocycles. The van der Waals surface area contributed by atoms with Gasteiger partial charge in [-0.2, -0.15) is 0 Å². The highest BCUT2D eigenvalue weighted by Crippen LogP contribution is 2.54. The molecule has 2 aliphatic rings. The maximum absolute atomic E-state index is 12.0. The van der Waals surface area contributed by atoms with Gasteiger partial charge in [-0.1, -0.05) is 12.1 Å². The number of benzene rings is 1. The van der Waals surface area contributed by atoms with Gasteiger partial charge in [0, 0.05) is 6.42 Å². The van der Waals surface area contributed by atoms with E-state index < -0.39 is 11.6 Å². The summed E-state index contributed by atoms with van der Waals surface area (Å²) in [5.41, 5.74) is -0.482. The van der Waals surface area contributed by atoms with E-state index in [2.05, 4.69) is 4.74 Å². The molecule has 82 valence electrons. The molecular weight excluding hydrogens is 208 g/mol. The first-order valence-corrected chi connectivity index (χ1v) is 5.10. The summed E-state index contributed by atoms with van der Waals surface area (Å²) in [4.78, 5) is 23.6. The zero-order valence-corrected chi connectivity index (χ0v) is 8.73. The van der Waals surface area contributed by atoms with E-state index in [9.17, 15) is 9.59 Å². The third-order valence-electron chi connectivity index (χ3n) is 3.20. The number of methoxy groups -OCH3 is 1. The Morgan fingerprint density at radius 3 is 3.00 bits per heavy atom. The number of carbonyl (C=O) groups excluding carboxylic acids is 2. The molecule has 4 nitrogen and oxygen atoms in total. The summed E-state index contributed by atoms with van der Waals surface area (Å²) in [5, 5.41) is 0. The van der Waals surface area contributed by atoms with Crippen LogP contribution >= 0.6 is 0 Å². The van der Waals surface area contributed by atoms with Gasteiger partial charge in [0.15, 0.2) is 5.78 Å². The maximum Gasteiger partial charge on any atom is 0.351 e. The smallest absolute Gasteiger partial charge is 0.351 e. The van der Waals surface area contributed by atoms with E-state index in [0.29, 0.717) is 17.7 Å². The topological polar surface area (TPSA) is 52.6 Å². The van der Waals surface area contributed by atoms with E-state index in [-0.39, 0.29) is 11.7 Å². The first-order chi connectivity index (χ1) is 7.69. The number of ketones is 1. The van der Waals surface area contributed by atoms with Crippen molar-refractivity contribution in [3.63, 3.8) is 0 Å². The van der Waals surface area contributed by atoms with Crippen LogP contribution < -0.4 is 4.74 Å². The van der Waals surface area contributed by atoms with Gasteiger partial charge in [-0.05, 0) is 12.1 Å². The molecule has 1 aromatic rings. The summed E-state index contributed by atoms with van der Waals surface area (Å²) < 4.78 is 10.3. The third kappa shape index (κ3) is 0.988. The predicted molar refractivity (Wildman–Crippen MR) is 54.3 cm³/mol. The molecule has 3 rings (SSSR count). The van der Waals surface area contributed by atoms with Gasteiger partial charge in [0.2, 0.25) is 5.60 Å². The Morgan fingerprint density at radius 2 is 2.25 bits per heavy atom. The summed E-state index contributed by atoms with van der Waals surface area (Å²) in [6.07, 6.45) is 0.424. The molecule has 0 spiro atoms. The lowest BCUT2D eigenvalue weighted by atomic mass is 10.0. The lowest BCUT2D eigenvalue weighted by molar-refractivity contribution is -0.151. The number of carbonyl (C=O) groups is 2. The average Bonchev–Trinajstić information content (AvgIpc) is 3.04. The summed E-state index contributed by atoms with van der Waals surface area (Å²) in [7, 11) is 1.31. The monoisotopic (exact) mass is 218 g/mol. The quantitative estimate of drug-likeness (QED) is 0.664. The van der Waals surface area contributed by atoms with Gasteiger partial charge in [-0.15, -0.1) is 0 Å². The molecule has 1 aliphatic carbocycles. The van der Waals surface area contributed by atoms with Gasteiger partial charge in [0.05, 0.1) is 18.6 Å². The number of para-hydroxylation sites is 1. The van der Waals surface area contributed by atoms with Crippen molar-refractivity contribution in [1.82, 2.24) is 0 Å². The van der Waals surface area contributed by atoms with Gasteiger partial charge < -0.3 is 9.47 Å². The molecule has 1 fully saturated rings. The number of ether oxygens (including phenoxy) is 2. The number of Topliss-reactive ketones (excluding diaryl/α,β-unsaturated/α-hetero) is 1. The Balaban J connectivity index is 2.05. The highest BCUT2D eigenvalue weighted by molar-refractivity contribution is 6.09. The number of hydrogen-bond donors (Lipinski definition) is 0. The van der Waals surface area contributed by atoms with Gasteiger partial charge in [0.25, 0.3) is 0 Å². The van der Waals surface area contributed by atoms with Gasteiger partial charge in [0.1, 0.15) is 5.75 Å². The fourth-order valence-electron chi connectivity index (χ4n) is 2.24. The van der Waals surface area contributed by atoms with E-state index >= 15 is 0 Å². The normalized spacial score (nSPS) is 29.8. The van der Waals surface area contributed by atoms with Crippen LogP contribution in [0.4, 0.5) is 0 Å². The Morgan fingerprint density at radius 1 is 1.50 bits per heavy atom. The molecule has 0 bridgehead atoms. The number of fused-ring (bicyclic) bond motifs is 2. The Hall–Kier alpha value is -1.84. The summed E-state index contributed by atoms with van der Waals surface area (Å²) in [6, 6.07) is 6.98. The van der Waals surface area contributed by atoms with Crippen LogP contribution in [0.1, 0.15) is 16.8 Å². The van der Waals surface area contributed by atoms with Gasteiger partial charge >= 0.3 is 5.97 Å². The maximum atomic E-state index is 12.0. The zero-order chi connectivity index (χ0) is 11.3. The molecule has 0 radical (unpaired) electrons. The molecule has 1 heterocycles. The number of rotatable bonds is 1. The van der Waals surface area contributed by atoms with Crippen LogP contribution in [0.3, 0.4) is 0 Å². The van der Waals surface area contributed by atoms with E-state index in [1.807, 2.05) is 0 Å². The molecule has 2 unspecified atom stereocenters. The van der Waals surface area contributed by atoms with Crippen LogP contribution in [0.2, 0.25) is 0 Å². The fourth-order valence-corrected chi connectivity index (χ4v) is 2.24. The minimum Gasteiger partial charge on any atom is -0.474 e. The first-order valence-electron chi connectivity index (χ1n) is 5.10. The second-order valence-corrected chi connectivity index (χ2v) is 4.10. The van der Waals surface area contributed by atoms with Crippen molar-refractivity contribution in [2.45, 2.75) is 12.0 Å². The van der Waals surface area contributed by atoms with Gasteiger partial charge in [-0.25, -0.2) is 4.79 Å². The lowest BCUT2D eigenvalue weighted by Crippen LogP contribution is -2.38. The van der Waals surface area contributed by atoms with Crippen LogP contribution in [0.5, 0.6) is 5.75 Å². The largest absolute Gasteiger partial charge is 0.474 e. The second-order valence-electron chi connectivity index (χ2n) is 4.10. The van der Waals surface area contributed by atoms with E-state index in [0.717, 1.165) is 0 Å². The average molecular weight is 218 g/mol. The molecule has 4 heteroatoms. The zero-order valence-electron chi connectivity index (χ0n) is 8.73. The molecule has 0 aromatic heterocycles. The lowest BCUT2D eigenvalue weighted by Gasteiger charge is -2.23. The Kier molecular flexibility index (Phi) is 1.67. The summed E-state index contributed by atoms with van der Waals surface area (Å²) in [6.45, 7) is 0. The highest BCUT2D eigenvalue weighted by Gasteiger charge is 2.70. The molecule has 0 N–H and O–H groups in total. The second kappa shape index (κ2) is 2.84. The Labute approximate surface area is 92.2 Å². The van der Waals surface area contributed by atoms with Crippen molar-refractivity contribution < 1.29 is 19.1 Å². The SMILES string of the molecule is COC(=O)C12CC1C(=O)c1ccccc1O2. The molecule has 1 aromatic carbocycles. The Bertz CT molecular complexity index is 494. The molecular formula is C12H10O4. The highest BCUT2D eigenvalue weighted by atomic mass is 16.6. The van der Waals surface area contributed by atoms with Crippen LogP contribution in [0.15, 0.2) is 24.3 Å². The van der Waals surface area contributed by atoms with Crippen LogP contribution in [-0.2, 0) is 9.53 Å². The van der Waals surface area contributed by atoms with Crippen molar-refractivity contribution >= 4 is 11.8 Å². The molecule has 0 saturated heterocycles. The molecule has 16 heavy (non-hydrogen) atoms. The van der Waals surface area contributed by atoms with Crippen molar-refractivity contribution in [2.24, 2.45) is 5.92 Å². The molecule has 1 aliphatic heterocycles. The summed E-state index contributed by atoms with van der Waals surface area (Å²) in [5.74, 6) is -0.367. The van der Waals surface area contributed by atoms with E-state index in [1.165, 1.54) is 7.11 Å². The number of esters is 1. The first kappa shape index (κ1) is 9.39. The predicted octanol–water partition coefficient (Wildman–Crippen LogP) is 1.19. The molecule has 2 atom stereocenters. The van der Waals surface area contributed by atoms with E-state index in [4.69, 9.17) is 4.74 Å². The van der Waals surface area contributed by atoms with Crippen molar-refractivity contribution in [2.75, 3.05) is 7.11 Å². The minimum atomic E-state index is -1.04. The summed E-state index contributed by atoms with van der Waals surface area (Å²) >= 11 is 0. The van der Waals surface area contributed by atoms with Crippen molar-refractivity contribution in [3.8, 4) is 5.75 Å². The standard InChI is InChI=1S/C12H10O4/c1-15-11(14)12-6-8(12)10(13)7-4-2-3-5-9(7)16-12/h2-5,8H,6H2,1H3. The van der Waals surface area contributed by atoms with E-state index in [1.54, 1.807) is 24.3 Å². The van der Waals surface area contributed by atoms with Crippen molar-refractivity contribution in [3.05, 3.63) is 29.8 Å². The van der Waals surface area contributed by atoms with Crippen LogP contribution in [-0.4, -0.2) is 24.5 Å². The van der Waals surface area contributed by atoms with Crippen LogP contribution in [0.25, 0.3) is 0 Å². The molecule has 0 amide bonds. The van der Waals surface area contributed by atoms with Crippen LogP contribution in [0, 0.1) is 5.92 Å².